The minimum atomic E-state index is 0.236. The van der Waals surface area contributed by atoms with Crippen LogP contribution in [0.3, 0.4) is 0 Å². The molecule has 0 spiro atoms. The second-order valence-electron chi connectivity index (χ2n) is 4.66. The quantitative estimate of drug-likeness (QED) is 0.655. The van der Waals surface area contributed by atoms with Crippen molar-refractivity contribution in [1.82, 2.24) is 4.90 Å². The largest absolute Gasteiger partial charge is 0.377 e. The summed E-state index contributed by atoms with van der Waals surface area (Å²) < 4.78 is 5.74. The number of likely N-dealkylation sites (N-methyl/N-ethyl adjacent to an activating group) is 1. The molecule has 0 aromatic carbocycles. The fourth-order valence-electron chi connectivity index (χ4n) is 1.19. The van der Waals surface area contributed by atoms with Crippen LogP contribution >= 0.6 is 0 Å². The number of hydrogen-bond acceptors (Lipinski definition) is 2. The molecule has 0 amide bonds. The summed E-state index contributed by atoms with van der Waals surface area (Å²) in [5.41, 5.74) is 0.236. The first-order valence-electron chi connectivity index (χ1n) is 5.22. The fourth-order valence-corrected chi connectivity index (χ4v) is 1.19. The fraction of sp³-hybridized carbons (Fsp3) is 1.00. The van der Waals surface area contributed by atoms with Gasteiger partial charge in [0.05, 0.1) is 6.10 Å². The summed E-state index contributed by atoms with van der Waals surface area (Å²) in [6.45, 7) is 13.8. The van der Waals surface area contributed by atoms with E-state index in [9.17, 15) is 0 Å². The molecule has 0 bridgehead atoms. The lowest BCUT2D eigenvalue weighted by Gasteiger charge is -2.33. The van der Waals surface area contributed by atoms with Gasteiger partial charge in [0.25, 0.3) is 0 Å². The first kappa shape index (κ1) is 12.9. The molecule has 0 radical (unpaired) electrons. The first-order chi connectivity index (χ1) is 5.91. The van der Waals surface area contributed by atoms with Crippen LogP contribution in [-0.4, -0.2) is 37.7 Å². The van der Waals surface area contributed by atoms with Gasteiger partial charge >= 0.3 is 0 Å². The van der Waals surface area contributed by atoms with Crippen LogP contribution < -0.4 is 0 Å². The highest BCUT2D eigenvalue weighted by molar-refractivity contribution is 4.76. The molecule has 80 valence electrons. The third-order valence-electron chi connectivity index (χ3n) is 2.35. The molecule has 0 aliphatic rings. The van der Waals surface area contributed by atoms with E-state index < -0.39 is 0 Å². The molecule has 2 heteroatoms. The van der Waals surface area contributed by atoms with E-state index >= 15 is 0 Å². The number of ether oxygens (including phenoxy) is 1. The molecule has 2 nitrogen and oxygen atoms in total. The van der Waals surface area contributed by atoms with Crippen LogP contribution in [0.1, 0.15) is 34.6 Å². The second kappa shape index (κ2) is 5.61. The highest BCUT2D eigenvalue weighted by Gasteiger charge is 2.25. The van der Waals surface area contributed by atoms with Gasteiger partial charge in [0, 0.05) is 13.2 Å². The smallest absolute Gasteiger partial charge is 0.0749 e. The summed E-state index contributed by atoms with van der Waals surface area (Å²) in [5.74, 6) is 0. The molecule has 0 aromatic rings. The van der Waals surface area contributed by atoms with Crippen molar-refractivity contribution in [2.45, 2.75) is 40.7 Å². The Balaban J connectivity index is 4.10. The molecule has 0 rings (SSSR count). The Kier molecular flexibility index (Phi) is 5.57. The van der Waals surface area contributed by atoms with Crippen LogP contribution in [0, 0.1) is 5.41 Å². The maximum absolute atomic E-state index is 5.74. The highest BCUT2D eigenvalue weighted by atomic mass is 16.5. The minimum Gasteiger partial charge on any atom is -0.377 e. The van der Waals surface area contributed by atoms with Crippen LogP contribution in [0.2, 0.25) is 0 Å². The Morgan fingerprint density at radius 3 is 2.08 bits per heavy atom. The van der Waals surface area contributed by atoms with Crippen molar-refractivity contribution in [3.05, 3.63) is 0 Å². The maximum atomic E-state index is 5.74. The molecule has 0 fully saturated rings. The monoisotopic (exact) mass is 187 g/mol. The van der Waals surface area contributed by atoms with Crippen LogP contribution in [0.25, 0.3) is 0 Å². The molecular weight excluding hydrogens is 162 g/mol. The molecule has 0 saturated carbocycles. The van der Waals surface area contributed by atoms with Gasteiger partial charge in [0.1, 0.15) is 0 Å². The Bertz CT molecular complexity index is 129. The van der Waals surface area contributed by atoms with Crippen LogP contribution in [0.5, 0.6) is 0 Å². The zero-order chi connectivity index (χ0) is 10.5. The number of rotatable bonds is 5. The number of nitrogens with zero attached hydrogens (tertiary/aromatic N) is 1. The van der Waals surface area contributed by atoms with Gasteiger partial charge in [-0.2, -0.15) is 0 Å². The molecule has 0 heterocycles. The number of hydrogen-bond donors (Lipinski definition) is 0. The van der Waals surface area contributed by atoms with Gasteiger partial charge in [-0.05, 0) is 25.9 Å². The first-order valence-corrected chi connectivity index (χ1v) is 5.22. The maximum Gasteiger partial charge on any atom is 0.0749 e. The van der Waals surface area contributed by atoms with Crippen molar-refractivity contribution in [3.8, 4) is 0 Å². The lowest BCUT2D eigenvalue weighted by Crippen LogP contribution is -2.39. The van der Waals surface area contributed by atoms with Gasteiger partial charge in [-0.15, -0.1) is 0 Å². The summed E-state index contributed by atoms with van der Waals surface area (Å²) in [6.07, 6.45) is 0.336. The summed E-state index contributed by atoms with van der Waals surface area (Å²) in [4.78, 5) is 2.30. The van der Waals surface area contributed by atoms with Crippen LogP contribution in [0.4, 0.5) is 0 Å². The zero-order valence-electron chi connectivity index (χ0n) is 10.1. The minimum absolute atomic E-state index is 0.236. The molecule has 13 heavy (non-hydrogen) atoms. The molecule has 0 saturated heterocycles. The van der Waals surface area contributed by atoms with E-state index in [-0.39, 0.29) is 5.41 Å². The van der Waals surface area contributed by atoms with E-state index in [4.69, 9.17) is 4.74 Å². The average Bonchev–Trinajstić information content (AvgIpc) is 2.01. The summed E-state index contributed by atoms with van der Waals surface area (Å²) in [6, 6.07) is 0. The van der Waals surface area contributed by atoms with Crippen LogP contribution in [-0.2, 0) is 4.74 Å². The van der Waals surface area contributed by atoms with E-state index in [1.165, 1.54) is 0 Å². The van der Waals surface area contributed by atoms with E-state index in [1.807, 2.05) is 0 Å². The Hall–Kier alpha value is -0.0800. The molecule has 1 atom stereocenters. The van der Waals surface area contributed by atoms with Crippen molar-refractivity contribution in [1.29, 1.82) is 0 Å². The predicted octanol–water partition coefficient (Wildman–Crippen LogP) is 2.39. The highest BCUT2D eigenvalue weighted by Crippen LogP contribution is 2.22. The van der Waals surface area contributed by atoms with Gasteiger partial charge in [0.2, 0.25) is 0 Å². The predicted molar refractivity (Wildman–Crippen MR) is 58.0 cm³/mol. The van der Waals surface area contributed by atoms with Crippen molar-refractivity contribution in [3.63, 3.8) is 0 Å². The van der Waals surface area contributed by atoms with Gasteiger partial charge in [-0.3, -0.25) is 0 Å². The summed E-state index contributed by atoms with van der Waals surface area (Å²) in [5, 5.41) is 0. The van der Waals surface area contributed by atoms with Gasteiger partial charge in [-0.1, -0.05) is 27.7 Å². The molecule has 1 unspecified atom stereocenters. The SMILES string of the molecule is CCOC(CN(C)CC)C(C)(C)C. The zero-order valence-corrected chi connectivity index (χ0v) is 10.1. The van der Waals surface area contributed by atoms with Gasteiger partial charge in [-0.25, -0.2) is 0 Å². The van der Waals surface area contributed by atoms with Crippen molar-refractivity contribution >= 4 is 0 Å². The Labute approximate surface area is 83.3 Å². The van der Waals surface area contributed by atoms with Crippen molar-refractivity contribution in [2.24, 2.45) is 5.41 Å². The molecule has 0 aliphatic carbocycles. The Morgan fingerprint density at radius 1 is 1.23 bits per heavy atom. The van der Waals surface area contributed by atoms with E-state index in [2.05, 4.69) is 46.6 Å². The molecule has 0 aliphatic heterocycles. The normalized spacial score (nSPS) is 15.0. The van der Waals surface area contributed by atoms with Crippen molar-refractivity contribution < 1.29 is 4.74 Å². The van der Waals surface area contributed by atoms with E-state index in [1.54, 1.807) is 0 Å². The third kappa shape index (κ3) is 5.27. The lowest BCUT2D eigenvalue weighted by atomic mass is 9.88. The Morgan fingerprint density at radius 2 is 1.77 bits per heavy atom. The topological polar surface area (TPSA) is 12.5 Å². The van der Waals surface area contributed by atoms with E-state index in [0.717, 1.165) is 19.7 Å². The van der Waals surface area contributed by atoms with E-state index in [0.29, 0.717) is 6.10 Å². The van der Waals surface area contributed by atoms with Crippen LogP contribution in [0.15, 0.2) is 0 Å². The molecule has 0 N–H and O–H groups in total. The second-order valence-corrected chi connectivity index (χ2v) is 4.66. The molecular formula is C11H25NO. The average molecular weight is 187 g/mol. The summed E-state index contributed by atoms with van der Waals surface area (Å²) in [7, 11) is 2.14. The van der Waals surface area contributed by atoms with Gasteiger partial charge < -0.3 is 9.64 Å². The molecule has 0 aromatic heterocycles. The van der Waals surface area contributed by atoms with Gasteiger partial charge in [0.15, 0.2) is 0 Å². The summed E-state index contributed by atoms with van der Waals surface area (Å²) >= 11 is 0. The van der Waals surface area contributed by atoms with Crippen molar-refractivity contribution in [2.75, 3.05) is 26.7 Å². The third-order valence-corrected chi connectivity index (χ3v) is 2.35. The standard InChI is InChI=1S/C11H25NO/c1-7-12(6)9-10(13-8-2)11(3,4)5/h10H,7-9H2,1-6H3. The lowest BCUT2D eigenvalue weighted by molar-refractivity contribution is -0.0276.